The molecule has 6 nitrogen and oxygen atoms in total. The zero-order valence-electron chi connectivity index (χ0n) is 15.4. The molecule has 2 atom stereocenters. The van der Waals surface area contributed by atoms with Gasteiger partial charge in [-0.25, -0.2) is 4.98 Å². The highest BCUT2D eigenvalue weighted by Crippen LogP contribution is 2.30. The van der Waals surface area contributed by atoms with E-state index < -0.39 is 0 Å². The van der Waals surface area contributed by atoms with E-state index in [9.17, 15) is 0 Å². The van der Waals surface area contributed by atoms with Crippen molar-refractivity contribution < 1.29 is 9.15 Å². The molecule has 1 saturated heterocycles. The third kappa shape index (κ3) is 2.70. The fourth-order valence-corrected chi connectivity index (χ4v) is 3.69. The molecular weight excluding hydrogens is 316 g/mol. The topological polar surface area (TPSA) is 55.8 Å². The van der Waals surface area contributed by atoms with Crippen molar-refractivity contribution in [1.82, 2.24) is 14.6 Å². The second-order valence-corrected chi connectivity index (χ2v) is 7.00. The van der Waals surface area contributed by atoms with Crippen LogP contribution in [-0.2, 0) is 4.74 Å². The van der Waals surface area contributed by atoms with Gasteiger partial charge in [0.15, 0.2) is 5.65 Å². The highest BCUT2D eigenvalue weighted by molar-refractivity contribution is 5.68. The lowest BCUT2D eigenvalue weighted by atomic mass is 10.2. The van der Waals surface area contributed by atoms with Crippen LogP contribution in [0.3, 0.4) is 0 Å². The minimum absolute atomic E-state index is 0.192. The van der Waals surface area contributed by atoms with Gasteiger partial charge in [0.05, 0.1) is 24.2 Å². The zero-order valence-corrected chi connectivity index (χ0v) is 15.4. The summed E-state index contributed by atoms with van der Waals surface area (Å²) >= 11 is 0. The first kappa shape index (κ1) is 16.1. The van der Waals surface area contributed by atoms with E-state index in [1.807, 2.05) is 23.6 Å². The molecular formula is C19H24N4O2. The molecule has 6 heteroatoms. The van der Waals surface area contributed by atoms with Gasteiger partial charge in [-0.05, 0) is 40.7 Å². The number of hydrogen-bond donors (Lipinski definition) is 0. The summed E-state index contributed by atoms with van der Waals surface area (Å²) in [5, 5.41) is 4.85. The standard InChI is InChI=1S/C19H24N4O2/c1-11-9-22(10-12(2)25-11)19-13(3)14(4)20-18-8-17(21-23(18)19)16-6-7-24-15(16)5/h6-8,11-12H,9-10H2,1-5H3/t11-,12+. The molecule has 1 fully saturated rings. The van der Waals surface area contributed by atoms with Crippen molar-refractivity contribution in [2.24, 2.45) is 0 Å². The van der Waals surface area contributed by atoms with E-state index in [2.05, 4.69) is 32.6 Å². The number of aryl methyl sites for hydroxylation is 2. The predicted molar refractivity (Wildman–Crippen MR) is 97.1 cm³/mol. The number of nitrogens with zero attached hydrogens (tertiary/aromatic N) is 4. The lowest BCUT2D eigenvalue weighted by Crippen LogP contribution is -2.46. The van der Waals surface area contributed by atoms with Crippen molar-refractivity contribution in [2.75, 3.05) is 18.0 Å². The summed E-state index contributed by atoms with van der Waals surface area (Å²) in [5.74, 6) is 1.98. The summed E-state index contributed by atoms with van der Waals surface area (Å²) in [5.41, 5.74) is 4.95. The summed E-state index contributed by atoms with van der Waals surface area (Å²) < 4.78 is 13.3. The Morgan fingerprint density at radius 3 is 2.48 bits per heavy atom. The van der Waals surface area contributed by atoms with Crippen LogP contribution in [0.1, 0.15) is 30.9 Å². The molecule has 0 N–H and O–H groups in total. The molecule has 25 heavy (non-hydrogen) atoms. The number of ether oxygens (including phenoxy) is 1. The van der Waals surface area contributed by atoms with Gasteiger partial charge in [-0.1, -0.05) is 0 Å². The van der Waals surface area contributed by atoms with E-state index in [0.29, 0.717) is 0 Å². The van der Waals surface area contributed by atoms with Crippen LogP contribution in [0.25, 0.3) is 16.9 Å². The van der Waals surface area contributed by atoms with E-state index >= 15 is 0 Å². The number of aromatic nitrogens is 3. The maximum absolute atomic E-state index is 5.90. The SMILES string of the molecule is Cc1nc2cc(-c3ccoc3C)nn2c(N2C[C@@H](C)O[C@@H](C)C2)c1C. The van der Waals surface area contributed by atoms with Crippen LogP contribution < -0.4 is 4.90 Å². The van der Waals surface area contributed by atoms with E-state index in [1.165, 1.54) is 0 Å². The largest absolute Gasteiger partial charge is 0.469 e. The van der Waals surface area contributed by atoms with Crippen molar-refractivity contribution in [1.29, 1.82) is 0 Å². The zero-order chi connectivity index (χ0) is 17.7. The fourth-order valence-electron chi connectivity index (χ4n) is 3.69. The lowest BCUT2D eigenvalue weighted by Gasteiger charge is -2.37. The van der Waals surface area contributed by atoms with Crippen molar-refractivity contribution in [3.63, 3.8) is 0 Å². The number of anilines is 1. The lowest BCUT2D eigenvalue weighted by molar-refractivity contribution is -0.00561. The highest BCUT2D eigenvalue weighted by atomic mass is 16.5. The number of hydrogen-bond acceptors (Lipinski definition) is 5. The molecule has 1 aliphatic heterocycles. The second-order valence-electron chi connectivity index (χ2n) is 7.00. The van der Waals surface area contributed by atoms with Gasteiger partial charge < -0.3 is 14.1 Å². The average molecular weight is 340 g/mol. The van der Waals surface area contributed by atoms with Crippen LogP contribution >= 0.6 is 0 Å². The van der Waals surface area contributed by atoms with Crippen molar-refractivity contribution in [3.8, 4) is 11.3 Å². The quantitative estimate of drug-likeness (QED) is 0.714. The molecule has 132 valence electrons. The van der Waals surface area contributed by atoms with Crippen LogP contribution in [0.4, 0.5) is 5.82 Å². The fraction of sp³-hybridized carbons (Fsp3) is 0.474. The average Bonchev–Trinajstić information content (AvgIpc) is 3.13. The molecule has 0 spiro atoms. The van der Waals surface area contributed by atoms with E-state index in [0.717, 1.165) is 52.8 Å². The summed E-state index contributed by atoms with van der Waals surface area (Å²) in [4.78, 5) is 7.11. The number of furan rings is 1. The summed E-state index contributed by atoms with van der Waals surface area (Å²) in [7, 11) is 0. The van der Waals surface area contributed by atoms with Gasteiger partial charge in [0.1, 0.15) is 11.6 Å². The molecule has 0 aliphatic carbocycles. The smallest absolute Gasteiger partial charge is 0.158 e. The highest BCUT2D eigenvalue weighted by Gasteiger charge is 2.27. The van der Waals surface area contributed by atoms with Crippen LogP contribution in [0.15, 0.2) is 22.8 Å². The third-order valence-corrected chi connectivity index (χ3v) is 4.91. The van der Waals surface area contributed by atoms with Gasteiger partial charge in [-0.3, -0.25) is 0 Å². The van der Waals surface area contributed by atoms with Crippen molar-refractivity contribution >= 4 is 11.5 Å². The molecule has 1 aliphatic rings. The Bertz CT molecular complexity index is 917. The monoisotopic (exact) mass is 340 g/mol. The van der Waals surface area contributed by atoms with Gasteiger partial charge >= 0.3 is 0 Å². The minimum Gasteiger partial charge on any atom is -0.469 e. The molecule has 3 aromatic rings. The molecule has 0 bridgehead atoms. The molecule has 0 saturated carbocycles. The van der Waals surface area contributed by atoms with E-state index in [-0.39, 0.29) is 12.2 Å². The first-order valence-corrected chi connectivity index (χ1v) is 8.76. The van der Waals surface area contributed by atoms with Gasteiger partial charge in [0.2, 0.25) is 0 Å². The van der Waals surface area contributed by atoms with E-state index in [4.69, 9.17) is 19.2 Å². The molecule has 4 rings (SSSR count). The predicted octanol–water partition coefficient (Wildman–Crippen LogP) is 3.53. The minimum atomic E-state index is 0.192. The Labute approximate surface area is 147 Å². The first-order chi connectivity index (χ1) is 11.9. The van der Waals surface area contributed by atoms with E-state index in [1.54, 1.807) is 6.26 Å². The molecule has 0 radical (unpaired) electrons. The molecule has 0 unspecified atom stereocenters. The Hall–Kier alpha value is -2.34. The Morgan fingerprint density at radius 2 is 1.84 bits per heavy atom. The maximum Gasteiger partial charge on any atom is 0.158 e. The Balaban J connectivity index is 1.89. The molecule has 4 heterocycles. The number of rotatable bonds is 2. The summed E-state index contributed by atoms with van der Waals surface area (Å²) in [6.45, 7) is 12.1. The van der Waals surface area contributed by atoms with Crippen LogP contribution in [0.5, 0.6) is 0 Å². The van der Waals surface area contributed by atoms with Crippen molar-refractivity contribution in [2.45, 2.75) is 46.8 Å². The Kier molecular flexibility index (Phi) is 3.80. The third-order valence-electron chi connectivity index (χ3n) is 4.91. The number of fused-ring (bicyclic) bond motifs is 1. The summed E-state index contributed by atoms with van der Waals surface area (Å²) in [6, 6.07) is 3.98. The summed E-state index contributed by atoms with van der Waals surface area (Å²) in [6.07, 6.45) is 2.08. The van der Waals surface area contributed by atoms with Crippen LogP contribution in [0.2, 0.25) is 0 Å². The van der Waals surface area contributed by atoms with Crippen LogP contribution in [0, 0.1) is 20.8 Å². The van der Waals surface area contributed by atoms with Gasteiger partial charge in [0.25, 0.3) is 0 Å². The van der Waals surface area contributed by atoms with Gasteiger partial charge in [0, 0.05) is 36.0 Å². The van der Waals surface area contributed by atoms with Gasteiger partial charge in [-0.2, -0.15) is 9.61 Å². The normalized spacial score (nSPS) is 21.2. The van der Waals surface area contributed by atoms with Crippen molar-refractivity contribution in [3.05, 3.63) is 35.4 Å². The second kappa shape index (κ2) is 5.88. The number of morpholine rings is 1. The van der Waals surface area contributed by atoms with Crippen LogP contribution in [-0.4, -0.2) is 39.9 Å². The molecule has 0 amide bonds. The molecule has 3 aromatic heterocycles. The van der Waals surface area contributed by atoms with Gasteiger partial charge in [-0.15, -0.1) is 0 Å². The first-order valence-electron chi connectivity index (χ1n) is 8.76. The molecule has 0 aromatic carbocycles. The maximum atomic E-state index is 5.90. The Morgan fingerprint density at radius 1 is 1.12 bits per heavy atom.